The summed E-state index contributed by atoms with van der Waals surface area (Å²) in [6.07, 6.45) is 1.92. The SMILES string of the molecule is C[C@@H]1CCCCO[C@@H](CN(C)C(=O)c2ccccc2)[C@H](C)CN([C@H](C)CO)C(=O)c2cc(NC(=O)c3ccccc3)ccc2O1. The Morgan fingerprint density at radius 1 is 1.00 bits per heavy atom. The molecule has 2 N–H and O–H groups in total. The van der Waals surface area contributed by atoms with Crippen LogP contribution in [0.5, 0.6) is 5.75 Å². The van der Waals surface area contributed by atoms with Gasteiger partial charge in [-0.15, -0.1) is 0 Å². The highest BCUT2D eigenvalue weighted by atomic mass is 16.5. The normalized spacial score (nSPS) is 20.2. The zero-order valence-electron chi connectivity index (χ0n) is 26.6. The van der Waals surface area contributed by atoms with Gasteiger partial charge in [0.05, 0.1) is 30.4 Å². The Hall–Kier alpha value is -4.21. The minimum absolute atomic E-state index is 0.104. The Bertz CT molecular complexity index is 1420. The van der Waals surface area contributed by atoms with Crippen molar-refractivity contribution in [1.29, 1.82) is 0 Å². The first-order valence-electron chi connectivity index (χ1n) is 15.7. The average Bonchev–Trinajstić information content (AvgIpc) is 3.06. The van der Waals surface area contributed by atoms with Gasteiger partial charge in [0.1, 0.15) is 5.75 Å². The van der Waals surface area contributed by atoms with Crippen molar-refractivity contribution in [2.45, 2.75) is 58.3 Å². The standard InChI is InChI=1S/C36H45N3O6/c1-25-22-39(26(2)24-40)36(43)31-21-30(37-34(41)28-14-7-5-8-15-28)18-19-32(31)45-27(3)13-11-12-20-44-33(25)23-38(4)35(42)29-16-9-6-10-17-29/h5-10,14-19,21,25-27,33,40H,11-13,20,22-24H2,1-4H3,(H,37,41)/t25-,26-,27-,33+/m1/s1. The van der Waals surface area contributed by atoms with Crippen LogP contribution >= 0.6 is 0 Å². The topological polar surface area (TPSA) is 108 Å². The predicted octanol–water partition coefficient (Wildman–Crippen LogP) is 5.51. The molecule has 0 aromatic heterocycles. The van der Waals surface area contributed by atoms with E-state index in [1.54, 1.807) is 78.4 Å². The van der Waals surface area contributed by atoms with E-state index in [1.807, 2.05) is 38.1 Å². The molecule has 4 rings (SSSR count). The van der Waals surface area contributed by atoms with Gasteiger partial charge in [-0.25, -0.2) is 0 Å². The fourth-order valence-electron chi connectivity index (χ4n) is 5.41. The van der Waals surface area contributed by atoms with Gasteiger partial charge in [0, 0.05) is 49.5 Å². The van der Waals surface area contributed by atoms with Crippen molar-refractivity contribution >= 4 is 23.4 Å². The van der Waals surface area contributed by atoms with Crippen molar-refractivity contribution in [3.63, 3.8) is 0 Å². The quantitative estimate of drug-likeness (QED) is 0.363. The van der Waals surface area contributed by atoms with Gasteiger partial charge in [0.2, 0.25) is 0 Å². The zero-order chi connectivity index (χ0) is 32.3. The summed E-state index contributed by atoms with van der Waals surface area (Å²) in [6, 6.07) is 22.6. The van der Waals surface area contributed by atoms with Crippen molar-refractivity contribution in [3.05, 3.63) is 95.6 Å². The molecule has 9 nitrogen and oxygen atoms in total. The lowest BCUT2D eigenvalue weighted by atomic mass is 10.0. The van der Waals surface area contributed by atoms with Gasteiger partial charge < -0.3 is 29.7 Å². The Kier molecular flexibility index (Phi) is 12.1. The van der Waals surface area contributed by atoms with Crippen molar-refractivity contribution < 1.29 is 29.0 Å². The molecule has 0 unspecified atom stereocenters. The van der Waals surface area contributed by atoms with E-state index in [4.69, 9.17) is 9.47 Å². The van der Waals surface area contributed by atoms with Crippen LogP contribution in [-0.2, 0) is 4.74 Å². The molecule has 0 aliphatic carbocycles. The maximum absolute atomic E-state index is 14.3. The first kappa shape index (κ1) is 33.7. The minimum atomic E-state index is -0.509. The third-order valence-electron chi connectivity index (χ3n) is 8.17. The number of nitrogens with zero attached hydrogens (tertiary/aromatic N) is 2. The molecular formula is C36H45N3O6. The minimum Gasteiger partial charge on any atom is -0.490 e. The molecule has 3 amide bonds. The molecule has 0 saturated heterocycles. The molecule has 3 aromatic carbocycles. The van der Waals surface area contributed by atoms with E-state index in [1.165, 1.54) is 0 Å². The fraction of sp³-hybridized carbons (Fsp3) is 0.417. The molecule has 0 saturated carbocycles. The Morgan fingerprint density at radius 2 is 1.67 bits per heavy atom. The van der Waals surface area contributed by atoms with Crippen LogP contribution in [0.4, 0.5) is 5.69 Å². The van der Waals surface area contributed by atoms with Crippen molar-refractivity contribution in [1.82, 2.24) is 9.80 Å². The number of carbonyl (C=O) groups is 3. The second kappa shape index (κ2) is 16.2. The Labute approximate surface area is 266 Å². The van der Waals surface area contributed by atoms with Gasteiger partial charge in [0.15, 0.2) is 0 Å². The van der Waals surface area contributed by atoms with Crippen LogP contribution in [0.3, 0.4) is 0 Å². The summed E-state index contributed by atoms with van der Waals surface area (Å²) >= 11 is 0. The molecule has 1 aliphatic rings. The van der Waals surface area contributed by atoms with E-state index in [-0.39, 0.29) is 49.0 Å². The van der Waals surface area contributed by atoms with Crippen molar-refractivity contribution in [3.8, 4) is 5.75 Å². The number of carbonyl (C=O) groups excluding carboxylic acids is 3. The van der Waals surface area contributed by atoms with Crippen LogP contribution in [0, 0.1) is 5.92 Å². The molecular weight excluding hydrogens is 570 g/mol. The third kappa shape index (κ3) is 9.15. The molecule has 9 heteroatoms. The van der Waals surface area contributed by atoms with Gasteiger partial charge in [-0.2, -0.15) is 0 Å². The molecule has 1 heterocycles. The summed E-state index contributed by atoms with van der Waals surface area (Å²) in [6.45, 7) is 6.64. The van der Waals surface area contributed by atoms with E-state index in [9.17, 15) is 19.5 Å². The van der Waals surface area contributed by atoms with Gasteiger partial charge in [-0.1, -0.05) is 43.3 Å². The van der Waals surface area contributed by atoms with Gasteiger partial charge >= 0.3 is 0 Å². The summed E-state index contributed by atoms with van der Waals surface area (Å²) < 4.78 is 12.7. The van der Waals surface area contributed by atoms with Crippen LogP contribution in [0.15, 0.2) is 78.9 Å². The van der Waals surface area contributed by atoms with Crippen LogP contribution in [0.25, 0.3) is 0 Å². The first-order chi connectivity index (χ1) is 21.7. The van der Waals surface area contributed by atoms with Crippen LogP contribution in [-0.4, -0.2) is 84.2 Å². The molecule has 45 heavy (non-hydrogen) atoms. The monoisotopic (exact) mass is 615 g/mol. The lowest BCUT2D eigenvalue weighted by Gasteiger charge is -2.36. The number of ether oxygens (including phenoxy) is 2. The van der Waals surface area contributed by atoms with E-state index in [0.717, 1.165) is 19.3 Å². The van der Waals surface area contributed by atoms with Crippen LogP contribution in [0.2, 0.25) is 0 Å². The highest BCUT2D eigenvalue weighted by Gasteiger charge is 2.31. The number of hydrogen-bond acceptors (Lipinski definition) is 6. The second-order valence-corrected chi connectivity index (χ2v) is 11.9. The second-order valence-electron chi connectivity index (χ2n) is 11.9. The lowest BCUT2D eigenvalue weighted by Crippen LogP contribution is -2.48. The lowest BCUT2D eigenvalue weighted by molar-refractivity contribution is -0.0149. The molecule has 3 aromatic rings. The maximum Gasteiger partial charge on any atom is 0.258 e. The number of nitrogens with one attached hydrogen (secondary N) is 1. The molecule has 0 bridgehead atoms. The van der Waals surface area contributed by atoms with E-state index >= 15 is 0 Å². The highest BCUT2D eigenvalue weighted by Crippen LogP contribution is 2.29. The molecule has 240 valence electrons. The maximum atomic E-state index is 14.3. The number of likely N-dealkylation sites (N-methyl/N-ethyl adjacent to an activating group) is 1. The number of benzene rings is 3. The van der Waals surface area contributed by atoms with E-state index < -0.39 is 6.04 Å². The summed E-state index contributed by atoms with van der Waals surface area (Å²) in [7, 11) is 1.76. The summed E-state index contributed by atoms with van der Waals surface area (Å²) in [5.74, 6) is -0.479. The van der Waals surface area contributed by atoms with Crippen LogP contribution in [0.1, 0.15) is 71.1 Å². The predicted molar refractivity (Wildman–Crippen MR) is 175 cm³/mol. The van der Waals surface area contributed by atoms with Gasteiger partial charge in [-0.05, 0) is 75.6 Å². The molecule has 0 radical (unpaired) electrons. The smallest absolute Gasteiger partial charge is 0.258 e. The number of aliphatic hydroxyl groups is 1. The van der Waals surface area contributed by atoms with E-state index in [0.29, 0.717) is 41.3 Å². The molecule has 4 atom stereocenters. The van der Waals surface area contributed by atoms with Crippen molar-refractivity contribution in [2.24, 2.45) is 5.92 Å². The number of rotatable bonds is 7. The van der Waals surface area contributed by atoms with E-state index in [2.05, 4.69) is 5.32 Å². The fourth-order valence-corrected chi connectivity index (χ4v) is 5.41. The molecule has 0 spiro atoms. The summed E-state index contributed by atoms with van der Waals surface area (Å²) in [5.41, 5.74) is 1.85. The Morgan fingerprint density at radius 3 is 2.33 bits per heavy atom. The number of aliphatic hydroxyl groups excluding tert-OH is 1. The van der Waals surface area contributed by atoms with Crippen molar-refractivity contribution in [2.75, 3.05) is 38.7 Å². The average molecular weight is 616 g/mol. The Balaban J connectivity index is 1.63. The third-order valence-corrected chi connectivity index (χ3v) is 8.17. The summed E-state index contributed by atoms with van der Waals surface area (Å²) in [4.78, 5) is 43.7. The van der Waals surface area contributed by atoms with Crippen LogP contribution < -0.4 is 10.1 Å². The zero-order valence-corrected chi connectivity index (χ0v) is 26.6. The van der Waals surface area contributed by atoms with Gasteiger partial charge in [-0.3, -0.25) is 14.4 Å². The number of hydrogen-bond donors (Lipinski definition) is 2. The number of fused-ring (bicyclic) bond motifs is 1. The number of anilines is 1. The van der Waals surface area contributed by atoms with Gasteiger partial charge in [0.25, 0.3) is 17.7 Å². The summed E-state index contributed by atoms with van der Waals surface area (Å²) in [5, 5.41) is 13.1. The number of amides is 3. The highest BCUT2D eigenvalue weighted by molar-refractivity contribution is 6.05. The first-order valence-corrected chi connectivity index (χ1v) is 15.7. The molecule has 0 fully saturated rings. The molecule has 1 aliphatic heterocycles. The largest absolute Gasteiger partial charge is 0.490 e.